The number of aliphatic hydroxyl groups excluding tert-OH is 1. The standard InChI is InChI=1S/C15H21F3N2O/c1-10-3-4-11(2)20(8-10)14(9-21)13-6-5-12(7-19-13)15(16,17)18/h5-7,10-11,14,21H,3-4,8-9H2,1-2H3/t10-,11-,14?/m1/s1. The van der Waals surface area contributed by atoms with Crippen LogP contribution in [0, 0.1) is 5.92 Å². The maximum atomic E-state index is 12.6. The van der Waals surface area contributed by atoms with Gasteiger partial charge in [-0.3, -0.25) is 9.88 Å². The minimum atomic E-state index is -4.38. The first-order valence-corrected chi connectivity index (χ1v) is 7.22. The molecule has 118 valence electrons. The predicted molar refractivity (Wildman–Crippen MR) is 73.6 cm³/mol. The van der Waals surface area contributed by atoms with Gasteiger partial charge in [0.05, 0.1) is 23.9 Å². The van der Waals surface area contributed by atoms with Crippen LogP contribution in [0.4, 0.5) is 13.2 Å². The van der Waals surface area contributed by atoms with Crippen molar-refractivity contribution in [3.8, 4) is 0 Å². The molecule has 1 aromatic heterocycles. The van der Waals surface area contributed by atoms with E-state index in [-0.39, 0.29) is 12.6 Å². The molecule has 1 unspecified atom stereocenters. The Morgan fingerprint density at radius 1 is 1.33 bits per heavy atom. The Labute approximate surface area is 122 Å². The number of aliphatic hydroxyl groups is 1. The van der Waals surface area contributed by atoms with Crippen molar-refractivity contribution in [2.45, 2.75) is 44.9 Å². The molecule has 1 fully saturated rings. The van der Waals surface area contributed by atoms with Gasteiger partial charge in [0.15, 0.2) is 0 Å². The lowest BCUT2D eigenvalue weighted by Crippen LogP contribution is -2.44. The average Bonchev–Trinajstić information content (AvgIpc) is 2.43. The summed E-state index contributed by atoms with van der Waals surface area (Å²) in [5.74, 6) is 0.518. The highest BCUT2D eigenvalue weighted by molar-refractivity contribution is 5.19. The van der Waals surface area contributed by atoms with E-state index in [1.54, 1.807) is 0 Å². The van der Waals surface area contributed by atoms with Crippen molar-refractivity contribution in [2.24, 2.45) is 5.92 Å². The van der Waals surface area contributed by atoms with Crippen LogP contribution in [0.5, 0.6) is 0 Å². The van der Waals surface area contributed by atoms with E-state index in [0.717, 1.165) is 31.6 Å². The second-order valence-corrected chi connectivity index (χ2v) is 5.90. The highest BCUT2D eigenvalue weighted by Gasteiger charge is 2.33. The number of likely N-dealkylation sites (tertiary alicyclic amines) is 1. The van der Waals surface area contributed by atoms with Crippen LogP contribution in [0.2, 0.25) is 0 Å². The third kappa shape index (κ3) is 3.74. The van der Waals surface area contributed by atoms with E-state index >= 15 is 0 Å². The van der Waals surface area contributed by atoms with Gasteiger partial charge in [0.25, 0.3) is 0 Å². The molecule has 0 aliphatic carbocycles. The molecule has 1 aliphatic heterocycles. The lowest BCUT2D eigenvalue weighted by Gasteiger charge is -2.41. The van der Waals surface area contributed by atoms with Gasteiger partial charge in [-0.15, -0.1) is 0 Å². The zero-order valence-electron chi connectivity index (χ0n) is 12.3. The first kappa shape index (κ1) is 16.2. The monoisotopic (exact) mass is 302 g/mol. The van der Waals surface area contributed by atoms with Crippen LogP contribution < -0.4 is 0 Å². The molecule has 1 aromatic rings. The van der Waals surface area contributed by atoms with Gasteiger partial charge >= 0.3 is 6.18 Å². The summed E-state index contributed by atoms with van der Waals surface area (Å²) in [7, 11) is 0. The normalized spacial score (nSPS) is 25.8. The van der Waals surface area contributed by atoms with E-state index in [2.05, 4.69) is 23.7 Å². The second kappa shape index (κ2) is 6.32. The fraction of sp³-hybridized carbons (Fsp3) is 0.667. The Bertz CT molecular complexity index is 461. The van der Waals surface area contributed by atoms with Crippen molar-refractivity contribution in [3.05, 3.63) is 29.6 Å². The van der Waals surface area contributed by atoms with Gasteiger partial charge in [-0.2, -0.15) is 13.2 Å². The predicted octanol–water partition coefficient (Wildman–Crippen LogP) is 3.25. The molecule has 1 N–H and O–H groups in total. The molecule has 3 nitrogen and oxygen atoms in total. The van der Waals surface area contributed by atoms with Crippen LogP contribution in [0.1, 0.15) is 44.0 Å². The summed E-state index contributed by atoms with van der Waals surface area (Å²) < 4.78 is 37.7. The Kier molecular flexibility index (Phi) is 4.88. The Morgan fingerprint density at radius 2 is 2.05 bits per heavy atom. The van der Waals surface area contributed by atoms with Gasteiger partial charge in [0.2, 0.25) is 0 Å². The van der Waals surface area contributed by atoms with Crippen LogP contribution in [0.3, 0.4) is 0 Å². The van der Waals surface area contributed by atoms with E-state index in [0.29, 0.717) is 17.7 Å². The molecule has 0 amide bonds. The lowest BCUT2D eigenvalue weighted by molar-refractivity contribution is -0.137. The number of rotatable bonds is 3. The van der Waals surface area contributed by atoms with Crippen molar-refractivity contribution in [3.63, 3.8) is 0 Å². The third-order valence-corrected chi connectivity index (χ3v) is 4.19. The number of alkyl halides is 3. The van der Waals surface area contributed by atoms with E-state index in [4.69, 9.17) is 0 Å². The molecule has 0 bridgehead atoms. The van der Waals surface area contributed by atoms with Crippen LogP contribution in [-0.4, -0.2) is 34.2 Å². The number of nitrogens with zero attached hydrogens (tertiary/aromatic N) is 2. The Morgan fingerprint density at radius 3 is 2.57 bits per heavy atom. The molecule has 3 atom stereocenters. The number of halogens is 3. The van der Waals surface area contributed by atoms with Gasteiger partial charge in [-0.1, -0.05) is 6.92 Å². The highest BCUT2D eigenvalue weighted by Crippen LogP contribution is 2.32. The number of pyridine rings is 1. The van der Waals surface area contributed by atoms with Crippen molar-refractivity contribution in [1.29, 1.82) is 0 Å². The van der Waals surface area contributed by atoms with E-state index in [9.17, 15) is 18.3 Å². The fourth-order valence-corrected chi connectivity index (χ4v) is 2.90. The fourth-order valence-electron chi connectivity index (χ4n) is 2.90. The van der Waals surface area contributed by atoms with Crippen LogP contribution in [0.15, 0.2) is 18.3 Å². The first-order chi connectivity index (χ1) is 9.82. The Hall–Kier alpha value is -1.14. The molecule has 0 aromatic carbocycles. The van der Waals surface area contributed by atoms with Crippen molar-refractivity contribution in [1.82, 2.24) is 9.88 Å². The molecule has 1 saturated heterocycles. The quantitative estimate of drug-likeness (QED) is 0.931. The van der Waals surface area contributed by atoms with Crippen molar-refractivity contribution >= 4 is 0 Å². The zero-order valence-corrected chi connectivity index (χ0v) is 12.3. The lowest BCUT2D eigenvalue weighted by atomic mass is 9.93. The summed E-state index contributed by atoms with van der Waals surface area (Å²) in [5.41, 5.74) is -0.269. The summed E-state index contributed by atoms with van der Waals surface area (Å²) in [4.78, 5) is 6.07. The molecular formula is C15H21F3N2O. The Balaban J connectivity index is 2.20. The largest absolute Gasteiger partial charge is 0.417 e. The summed E-state index contributed by atoms with van der Waals surface area (Å²) in [6, 6.07) is 2.35. The molecule has 0 radical (unpaired) electrons. The molecule has 6 heteroatoms. The second-order valence-electron chi connectivity index (χ2n) is 5.90. The van der Waals surface area contributed by atoms with Gasteiger partial charge in [0, 0.05) is 18.8 Å². The summed E-state index contributed by atoms with van der Waals surface area (Å²) in [6.45, 7) is 4.91. The van der Waals surface area contributed by atoms with Crippen molar-refractivity contribution in [2.75, 3.05) is 13.2 Å². The molecule has 0 spiro atoms. The third-order valence-electron chi connectivity index (χ3n) is 4.19. The molecule has 21 heavy (non-hydrogen) atoms. The molecule has 1 aliphatic rings. The number of hydrogen-bond acceptors (Lipinski definition) is 3. The minimum Gasteiger partial charge on any atom is -0.394 e. The summed E-state index contributed by atoms with van der Waals surface area (Å²) >= 11 is 0. The van der Waals surface area contributed by atoms with E-state index < -0.39 is 11.7 Å². The smallest absolute Gasteiger partial charge is 0.394 e. The summed E-state index contributed by atoms with van der Waals surface area (Å²) in [6.07, 6.45) is -1.38. The maximum absolute atomic E-state index is 12.6. The van der Waals surface area contributed by atoms with Gasteiger partial charge in [0.1, 0.15) is 0 Å². The molecule has 2 heterocycles. The number of hydrogen-bond donors (Lipinski definition) is 1. The van der Waals surface area contributed by atoms with Crippen molar-refractivity contribution < 1.29 is 18.3 Å². The summed E-state index contributed by atoms with van der Waals surface area (Å²) in [5, 5.41) is 9.66. The molecule has 0 saturated carbocycles. The van der Waals surface area contributed by atoms with Crippen LogP contribution >= 0.6 is 0 Å². The topological polar surface area (TPSA) is 36.4 Å². The SMILES string of the molecule is C[C@@H]1CC[C@@H](C)N(C(CO)c2ccc(C(F)(F)F)cn2)C1. The zero-order chi connectivity index (χ0) is 15.6. The van der Waals surface area contributed by atoms with Crippen LogP contribution in [0.25, 0.3) is 0 Å². The molecular weight excluding hydrogens is 281 g/mol. The van der Waals surface area contributed by atoms with E-state index in [1.807, 2.05) is 0 Å². The first-order valence-electron chi connectivity index (χ1n) is 7.22. The van der Waals surface area contributed by atoms with Gasteiger partial charge in [-0.25, -0.2) is 0 Å². The number of aromatic nitrogens is 1. The average molecular weight is 302 g/mol. The maximum Gasteiger partial charge on any atom is 0.417 e. The molecule has 2 rings (SSSR count). The van der Waals surface area contributed by atoms with Gasteiger partial charge in [-0.05, 0) is 37.8 Å². The van der Waals surface area contributed by atoms with Crippen LogP contribution in [-0.2, 0) is 6.18 Å². The van der Waals surface area contributed by atoms with Gasteiger partial charge < -0.3 is 5.11 Å². The highest BCUT2D eigenvalue weighted by atomic mass is 19.4. The number of piperidine rings is 1. The minimum absolute atomic E-state index is 0.143. The van der Waals surface area contributed by atoms with E-state index in [1.165, 1.54) is 6.07 Å².